The minimum Gasteiger partial charge on any atom is -0.362 e. The zero-order valence-corrected chi connectivity index (χ0v) is 11.0. The first-order valence-corrected chi connectivity index (χ1v) is 6.49. The van der Waals surface area contributed by atoms with E-state index in [1.807, 2.05) is 0 Å². The number of ether oxygens (including phenoxy) is 1. The minimum atomic E-state index is -4.41. The van der Waals surface area contributed by atoms with Gasteiger partial charge in [-0.3, -0.25) is 9.59 Å². The van der Waals surface area contributed by atoms with Gasteiger partial charge in [0, 0.05) is 26.1 Å². The number of rotatable bonds is 3. The number of piperidine rings is 1. The SMILES string of the molecule is O=C1CC2(CCN(C(=O)COCC(F)(F)F)CC2)CN1. The molecule has 1 N–H and O–H groups in total. The van der Waals surface area contributed by atoms with E-state index in [1.54, 1.807) is 0 Å². The number of likely N-dealkylation sites (tertiary alicyclic amines) is 1. The van der Waals surface area contributed by atoms with Crippen LogP contribution >= 0.6 is 0 Å². The molecule has 0 saturated carbocycles. The van der Waals surface area contributed by atoms with Crippen LogP contribution in [0.15, 0.2) is 0 Å². The quantitative estimate of drug-likeness (QED) is 0.833. The first-order chi connectivity index (χ1) is 9.30. The lowest BCUT2D eigenvalue weighted by atomic mass is 9.77. The van der Waals surface area contributed by atoms with E-state index in [-0.39, 0.29) is 11.3 Å². The highest BCUT2D eigenvalue weighted by atomic mass is 19.4. The Bertz CT molecular complexity index is 390. The Hall–Kier alpha value is -1.31. The Labute approximate surface area is 114 Å². The average molecular weight is 294 g/mol. The maximum atomic E-state index is 11.9. The first kappa shape index (κ1) is 15.1. The second kappa shape index (κ2) is 5.59. The zero-order chi connectivity index (χ0) is 14.8. The molecule has 0 aromatic carbocycles. The van der Waals surface area contributed by atoms with Crippen molar-refractivity contribution < 1.29 is 27.5 Å². The predicted molar refractivity (Wildman–Crippen MR) is 62.7 cm³/mol. The van der Waals surface area contributed by atoms with E-state index < -0.39 is 25.3 Å². The molecule has 5 nitrogen and oxygen atoms in total. The van der Waals surface area contributed by atoms with E-state index in [1.165, 1.54) is 4.90 Å². The second-order valence-electron chi connectivity index (χ2n) is 5.44. The molecule has 0 radical (unpaired) electrons. The van der Waals surface area contributed by atoms with E-state index in [4.69, 9.17) is 0 Å². The number of nitrogens with zero attached hydrogens (tertiary/aromatic N) is 1. The van der Waals surface area contributed by atoms with Crippen molar-refractivity contribution in [3.8, 4) is 0 Å². The molecule has 2 fully saturated rings. The van der Waals surface area contributed by atoms with Crippen LogP contribution in [0.2, 0.25) is 0 Å². The summed E-state index contributed by atoms with van der Waals surface area (Å²) in [5, 5.41) is 2.78. The molecule has 20 heavy (non-hydrogen) atoms. The van der Waals surface area contributed by atoms with Gasteiger partial charge < -0.3 is 15.0 Å². The molecule has 2 aliphatic rings. The van der Waals surface area contributed by atoms with Crippen LogP contribution in [0.4, 0.5) is 13.2 Å². The Morgan fingerprint density at radius 2 is 2.00 bits per heavy atom. The lowest BCUT2D eigenvalue weighted by molar-refractivity contribution is -0.178. The maximum absolute atomic E-state index is 11.9. The van der Waals surface area contributed by atoms with Crippen LogP contribution in [0.3, 0.4) is 0 Å². The highest BCUT2D eigenvalue weighted by Gasteiger charge is 2.41. The summed E-state index contributed by atoms with van der Waals surface area (Å²) >= 11 is 0. The number of halogens is 3. The first-order valence-electron chi connectivity index (χ1n) is 6.49. The van der Waals surface area contributed by atoms with Gasteiger partial charge >= 0.3 is 6.18 Å². The molecule has 2 rings (SSSR count). The van der Waals surface area contributed by atoms with Crippen molar-refractivity contribution in [2.75, 3.05) is 32.8 Å². The summed E-state index contributed by atoms with van der Waals surface area (Å²) in [4.78, 5) is 24.5. The van der Waals surface area contributed by atoms with Crippen LogP contribution in [0, 0.1) is 5.41 Å². The molecule has 2 saturated heterocycles. The van der Waals surface area contributed by atoms with Crippen LogP contribution in [0.1, 0.15) is 19.3 Å². The van der Waals surface area contributed by atoms with Gasteiger partial charge in [-0.25, -0.2) is 0 Å². The average Bonchev–Trinajstić information content (AvgIpc) is 2.70. The van der Waals surface area contributed by atoms with Gasteiger partial charge in [0.15, 0.2) is 0 Å². The van der Waals surface area contributed by atoms with E-state index >= 15 is 0 Å². The Balaban J connectivity index is 1.73. The van der Waals surface area contributed by atoms with Crippen molar-refractivity contribution in [2.45, 2.75) is 25.4 Å². The summed E-state index contributed by atoms with van der Waals surface area (Å²) in [6, 6.07) is 0. The number of amides is 2. The molecule has 2 heterocycles. The largest absolute Gasteiger partial charge is 0.411 e. The van der Waals surface area contributed by atoms with Gasteiger partial charge in [0.1, 0.15) is 13.2 Å². The number of carbonyl (C=O) groups excluding carboxylic acids is 2. The van der Waals surface area contributed by atoms with E-state index in [0.29, 0.717) is 38.9 Å². The van der Waals surface area contributed by atoms with Gasteiger partial charge in [-0.1, -0.05) is 0 Å². The van der Waals surface area contributed by atoms with Crippen molar-refractivity contribution in [2.24, 2.45) is 5.41 Å². The molecule has 2 amide bonds. The lowest BCUT2D eigenvalue weighted by Gasteiger charge is -2.38. The second-order valence-corrected chi connectivity index (χ2v) is 5.44. The van der Waals surface area contributed by atoms with Gasteiger partial charge in [0.2, 0.25) is 11.8 Å². The Morgan fingerprint density at radius 1 is 1.35 bits per heavy atom. The summed E-state index contributed by atoms with van der Waals surface area (Å²) in [5.41, 5.74) is -0.0826. The normalized spacial score (nSPS) is 22.1. The molecule has 2 aliphatic heterocycles. The molecule has 0 aromatic heterocycles. The molecular formula is C12H17F3N2O3. The van der Waals surface area contributed by atoms with Crippen LogP contribution < -0.4 is 5.32 Å². The maximum Gasteiger partial charge on any atom is 0.411 e. The van der Waals surface area contributed by atoms with Gasteiger partial charge in [-0.05, 0) is 18.3 Å². The van der Waals surface area contributed by atoms with Crippen LogP contribution in [0.25, 0.3) is 0 Å². The van der Waals surface area contributed by atoms with Gasteiger partial charge in [-0.2, -0.15) is 13.2 Å². The number of alkyl halides is 3. The molecule has 8 heteroatoms. The van der Waals surface area contributed by atoms with Crippen LogP contribution in [0.5, 0.6) is 0 Å². The van der Waals surface area contributed by atoms with Crippen LogP contribution in [-0.2, 0) is 14.3 Å². The number of carbonyl (C=O) groups is 2. The van der Waals surface area contributed by atoms with Crippen molar-refractivity contribution >= 4 is 11.8 Å². The number of nitrogens with one attached hydrogen (secondary N) is 1. The summed E-state index contributed by atoms with van der Waals surface area (Å²) in [5.74, 6) is -0.403. The third-order valence-corrected chi connectivity index (χ3v) is 3.86. The van der Waals surface area contributed by atoms with Gasteiger partial charge in [-0.15, -0.1) is 0 Å². The predicted octanol–water partition coefficient (Wildman–Crippen LogP) is 0.694. The fraction of sp³-hybridized carbons (Fsp3) is 0.833. The van der Waals surface area contributed by atoms with Gasteiger partial charge in [0.25, 0.3) is 0 Å². The third-order valence-electron chi connectivity index (χ3n) is 3.86. The lowest BCUT2D eigenvalue weighted by Crippen LogP contribution is -2.45. The number of hydrogen-bond acceptors (Lipinski definition) is 3. The zero-order valence-electron chi connectivity index (χ0n) is 11.0. The number of hydrogen-bond donors (Lipinski definition) is 1. The van der Waals surface area contributed by atoms with Crippen molar-refractivity contribution in [1.82, 2.24) is 10.2 Å². The fourth-order valence-corrected chi connectivity index (χ4v) is 2.68. The molecule has 0 aromatic rings. The standard InChI is InChI=1S/C12H17F3N2O3/c13-12(14,15)8-20-6-10(19)17-3-1-11(2-4-17)5-9(18)16-7-11/h1-8H2,(H,16,18). The van der Waals surface area contributed by atoms with E-state index in [0.717, 1.165) is 0 Å². The summed E-state index contributed by atoms with van der Waals surface area (Å²) < 4.78 is 40.1. The highest BCUT2D eigenvalue weighted by molar-refractivity contribution is 5.80. The molecule has 0 atom stereocenters. The van der Waals surface area contributed by atoms with Crippen molar-refractivity contribution in [3.63, 3.8) is 0 Å². The molecular weight excluding hydrogens is 277 g/mol. The third kappa shape index (κ3) is 3.84. The minimum absolute atomic E-state index is 0.0262. The van der Waals surface area contributed by atoms with Crippen molar-refractivity contribution in [1.29, 1.82) is 0 Å². The molecule has 1 spiro atoms. The van der Waals surface area contributed by atoms with Gasteiger partial charge in [0.05, 0.1) is 0 Å². The molecule has 0 bridgehead atoms. The molecule has 114 valence electrons. The summed E-state index contributed by atoms with van der Waals surface area (Å²) in [7, 11) is 0. The van der Waals surface area contributed by atoms with E-state index in [2.05, 4.69) is 10.1 Å². The smallest absolute Gasteiger partial charge is 0.362 e. The van der Waals surface area contributed by atoms with E-state index in [9.17, 15) is 22.8 Å². The Kier molecular flexibility index (Phi) is 4.22. The fourth-order valence-electron chi connectivity index (χ4n) is 2.68. The topological polar surface area (TPSA) is 58.6 Å². The monoisotopic (exact) mass is 294 g/mol. The molecule has 0 unspecified atom stereocenters. The highest BCUT2D eigenvalue weighted by Crippen LogP contribution is 2.37. The van der Waals surface area contributed by atoms with Crippen molar-refractivity contribution in [3.05, 3.63) is 0 Å². The summed E-state index contributed by atoms with van der Waals surface area (Å²) in [6.07, 6.45) is -2.56. The Morgan fingerprint density at radius 3 is 2.50 bits per heavy atom. The van der Waals surface area contributed by atoms with Crippen LogP contribution in [-0.4, -0.2) is 55.7 Å². The summed E-state index contributed by atoms with van der Waals surface area (Å²) in [6.45, 7) is -0.413. The molecule has 0 aliphatic carbocycles.